The van der Waals surface area contributed by atoms with E-state index in [4.69, 9.17) is 14.9 Å². The molecular formula is C115H141F3N10O12. The highest BCUT2D eigenvalue weighted by atomic mass is 19.4. The lowest BCUT2D eigenvalue weighted by atomic mass is 9.83. The molecule has 5 atom stereocenters. The van der Waals surface area contributed by atoms with Crippen molar-refractivity contribution >= 4 is 28.9 Å². The van der Waals surface area contributed by atoms with E-state index in [1.807, 2.05) is 84.9 Å². The molecule has 18 rings (SSSR count). The minimum absolute atomic E-state index is 0.0214. The van der Waals surface area contributed by atoms with Crippen molar-refractivity contribution in [3.63, 3.8) is 0 Å². The maximum Gasteiger partial charge on any atom is 0.408 e. The van der Waals surface area contributed by atoms with Crippen molar-refractivity contribution in [3.05, 3.63) is 315 Å². The number of ketones is 5. The molecule has 140 heavy (non-hydrogen) atoms. The Morgan fingerprint density at radius 3 is 0.764 bits per heavy atom. The maximum absolute atomic E-state index is 12.7. The summed E-state index contributed by atoms with van der Waals surface area (Å²) < 4.78 is 50.0. The number of aliphatic hydroxyl groups is 1. The van der Waals surface area contributed by atoms with Gasteiger partial charge < -0.3 is 9.84 Å². The van der Waals surface area contributed by atoms with Crippen LogP contribution in [0.5, 0.6) is 0 Å². The van der Waals surface area contributed by atoms with Gasteiger partial charge in [-0.25, -0.2) is 23.4 Å². The van der Waals surface area contributed by atoms with Crippen LogP contribution in [0.2, 0.25) is 0 Å². The number of hydrogen-bond acceptors (Lipinski definition) is 17. The lowest BCUT2D eigenvalue weighted by Gasteiger charge is -2.29. The van der Waals surface area contributed by atoms with Crippen LogP contribution in [0, 0.1) is 29.6 Å². The quantitative estimate of drug-likeness (QED) is 0.0493. The number of nitrogens with zero attached hydrogens (tertiary/aromatic N) is 10. The number of halogens is 3. The highest BCUT2D eigenvalue weighted by Gasteiger charge is 2.35. The summed E-state index contributed by atoms with van der Waals surface area (Å²) in [5, 5.41) is 32.4. The van der Waals surface area contributed by atoms with Gasteiger partial charge in [0.25, 0.3) is 27.8 Å². The predicted molar refractivity (Wildman–Crippen MR) is 539 cm³/mol. The van der Waals surface area contributed by atoms with E-state index >= 15 is 0 Å². The van der Waals surface area contributed by atoms with Gasteiger partial charge in [-0.15, -0.1) is 0 Å². The third kappa shape index (κ3) is 28.1. The lowest BCUT2D eigenvalue weighted by molar-refractivity contribution is -0.143. The van der Waals surface area contributed by atoms with E-state index in [2.05, 4.69) is 121 Å². The normalized spacial score (nSPS) is 18.6. The molecule has 22 nitrogen and oxygen atoms in total. The number of benzene rings is 5. The molecule has 0 amide bonds. The molecule has 5 aromatic carbocycles. The summed E-state index contributed by atoms with van der Waals surface area (Å²) in [4.78, 5) is 125. The average molecular weight is 1910 g/mol. The molecule has 5 unspecified atom stereocenters. The van der Waals surface area contributed by atoms with Gasteiger partial charge in [-0.1, -0.05) is 203 Å². The Balaban J connectivity index is 0.000000139. The molecule has 10 aromatic rings. The molecule has 2 saturated carbocycles. The predicted octanol–water partition coefficient (Wildman–Crippen LogP) is 21.2. The van der Waals surface area contributed by atoms with Crippen LogP contribution in [0.25, 0.3) is 0 Å². The Labute approximate surface area is 820 Å². The Kier molecular flexibility index (Phi) is 35.0. The van der Waals surface area contributed by atoms with E-state index in [-0.39, 0.29) is 87.5 Å². The van der Waals surface area contributed by atoms with Gasteiger partial charge >= 0.3 is 6.18 Å². The van der Waals surface area contributed by atoms with Gasteiger partial charge in [-0.3, -0.25) is 47.9 Å². The lowest BCUT2D eigenvalue weighted by Crippen LogP contribution is -2.36. The number of Topliss-reactive ketones (excluding diaryl/α,β-unsaturated/α-hetero) is 5. The van der Waals surface area contributed by atoms with Crippen molar-refractivity contribution in [2.45, 2.75) is 342 Å². The van der Waals surface area contributed by atoms with Gasteiger partial charge in [0.1, 0.15) is 6.54 Å². The van der Waals surface area contributed by atoms with E-state index in [1.165, 1.54) is 57.8 Å². The second kappa shape index (κ2) is 47.0. The smallest absolute Gasteiger partial charge is 0.389 e. The molecule has 1 aliphatic heterocycles. The fourth-order valence-electron chi connectivity index (χ4n) is 20.8. The van der Waals surface area contributed by atoms with E-state index in [1.54, 1.807) is 52.2 Å². The van der Waals surface area contributed by atoms with Crippen LogP contribution in [0.1, 0.15) is 389 Å². The first kappa shape index (κ1) is 104. The number of alkyl halides is 3. The second-order valence-corrected chi connectivity index (χ2v) is 42.8. The van der Waals surface area contributed by atoms with Gasteiger partial charge in [-0.05, 0) is 270 Å². The zero-order chi connectivity index (χ0) is 100.0. The molecule has 0 radical (unpaired) electrons. The number of aryl methyl sites for hydroxylation is 5. The summed E-state index contributed by atoms with van der Waals surface area (Å²) in [7, 11) is 0. The van der Waals surface area contributed by atoms with Gasteiger partial charge in [0.2, 0.25) is 0 Å². The van der Waals surface area contributed by atoms with E-state index in [0.717, 1.165) is 176 Å². The monoisotopic (exact) mass is 1910 g/mol. The molecule has 6 heterocycles. The highest BCUT2D eigenvalue weighted by Crippen LogP contribution is 2.38. The third-order valence-electron chi connectivity index (χ3n) is 29.5. The van der Waals surface area contributed by atoms with Gasteiger partial charge in [0.15, 0.2) is 28.9 Å². The molecule has 744 valence electrons. The molecule has 7 aliphatic carbocycles. The van der Waals surface area contributed by atoms with Crippen molar-refractivity contribution in [3.8, 4) is 0 Å². The number of fused-ring (bicyclic) bond motifs is 5. The molecule has 1 saturated heterocycles. The molecule has 3 fully saturated rings. The summed E-state index contributed by atoms with van der Waals surface area (Å²) >= 11 is 0. The molecule has 0 bridgehead atoms. The summed E-state index contributed by atoms with van der Waals surface area (Å²) in [5.74, 6) is 4.23. The number of carbonyl (C=O) groups is 5. The van der Waals surface area contributed by atoms with Crippen LogP contribution in [0.3, 0.4) is 0 Å². The maximum atomic E-state index is 12.7. The fourth-order valence-corrected chi connectivity index (χ4v) is 20.8. The summed E-state index contributed by atoms with van der Waals surface area (Å²) in [6.07, 6.45) is 19.3. The second-order valence-electron chi connectivity index (χ2n) is 42.8. The van der Waals surface area contributed by atoms with Crippen LogP contribution in [-0.2, 0) is 82.0 Å². The highest BCUT2D eigenvalue weighted by molar-refractivity contribution is 5.98. The SMILES string of the molecule is CC(C)c1ccc(C(=O)CC2CCc3nn(C4CCC4)c(=O)cc3C2)cc1.CC(C)c1ccc(C(=O)CC2CCc3nn(C4CCCC4)c(=O)cc3C2)cc1.CC(C)c1ccc(C(=O)CC2CCc3nn(C4CCOCC4)c(=O)cc3C2)cc1.CC(C)c1ccc(C(=O)CC2CCc3nn(CC(C)(C)O)c(=O)cc3C2)cc1.CC(C)c1ccc(C(=O)CC2CCc3nn(CC(F)(F)F)c(=O)cc3C2)cc1. The Morgan fingerprint density at radius 2 is 0.543 bits per heavy atom. The van der Waals surface area contributed by atoms with Crippen LogP contribution >= 0.6 is 0 Å². The Morgan fingerprint density at radius 1 is 0.321 bits per heavy atom. The largest absolute Gasteiger partial charge is 0.408 e. The summed E-state index contributed by atoms with van der Waals surface area (Å²) in [5.41, 5.74) is 17.4. The molecule has 0 spiro atoms. The van der Waals surface area contributed by atoms with Crippen LogP contribution in [0.15, 0.2) is 176 Å². The topological polar surface area (TPSA) is 289 Å². The van der Waals surface area contributed by atoms with Crippen molar-refractivity contribution < 1.29 is 47.0 Å². The minimum atomic E-state index is -4.49. The number of rotatable bonds is 26. The molecule has 25 heteroatoms. The first-order valence-electron chi connectivity index (χ1n) is 51.3. The standard InChI is InChI=1S/C24H30N2O3.C24H30N2O2.C23H30N2O3.C23H28N2O2.C21H23F3N2O2/c1-16(2)18-4-6-19(7-5-18)23(27)14-17-3-8-22-20(13-17)15-24(28)26(25-22)21-9-11-29-12-10-21;1-16(2)18-8-10-19(11-9-18)23(27)14-17-7-12-22-20(13-17)15-24(28)26(25-22)21-5-3-4-6-21;1-15(2)17-6-8-18(9-7-17)21(26)12-16-5-10-20-19(11-16)13-22(27)25(24-20)14-23(3,4)28;1-15(2)17-7-9-18(10-8-17)22(26)13-16-6-11-21-19(12-16)14-23(27)25(24-21)20-4-3-5-20;1-13(2)15-4-6-16(7-5-15)19(27)10-14-3-8-18-17(9-14)11-20(28)26(25-18)12-21(22,23)24/h4-7,15-17,21H,3,8-14H2,1-2H3;8-11,15-17,21H,3-7,12-14H2,1-2H3;6-9,13,15-16,28H,5,10-12,14H2,1-4H3;7-10,14-16,20H,3-6,11-13H2,1-2H3;4-7,11,13-14H,3,8-10,12H2,1-2H3. The van der Waals surface area contributed by atoms with Crippen molar-refractivity contribution in [1.29, 1.82) is 0 Å². The minimum Gasteiger partial charge on any atom is -0.389 e. The van der Waals surface area contributed by atoms with E-state index in [0.29, 0.717) is 140 Å². The van der Waals surface area contributed by atoms with Gasteiger partial charge in [0, 0.05) is 103 Å². The van der Waals surface area contributed by atoms with Crippen molar-refractivity contribution in [2.24, 2.45) is 29.6 Å². The van der Waals surface area contributed by atoms with Gasteiger partial charge in [-0.2, -0.15) is 38.7 Å². The fraction of sp³-hybridized carbons (Fsp3) is 0.522. The molecule has 8 aliphatic rings. The summed E-state index contributed by atoms with van der Waals surface area (Å²) in [6, 6.07) is 48.5. The molecule has 5 aromatic heterocycles. The molecule has 1 N–H and O–H groups in total. The van der Waals surface area contributed by atoms with Crippen LogP contribution in [-0.4, -0.2) is 108 Å². The van der Waals surface area contributed by atoms with Crippen LogP contribution < -0.4 is 27.8 Å². The molecular weight excluding hydrogens is 1770 g/mol. The average Bonchev–Trinajstić information content (AvgIpc) is 1.17. The number of ether oxygens (including phenoxy) is 1. The number of hydrogen-bond donors (Lipinski definition) is 1. The zero-order valence-electron chi connectivity index (χ0n) is 83.8. The Bertz CT molecular complexity index is 6170. The third-order valence-corrected chi connectivity index (χ3v) is 29.5. The van der Waals surface area contributed by atoms with Crippen molar-refractivity contribution in [2.75, 3.05) is 13.2 Å². The van der Waals surface area contributed by atoms with Gasteiger partial charge in [0.05, 0.1) is 58.7 Å². The number of carbonyl (C=O) groups excluding carboxylic acids is 5. The summed E-state index contributed by atoms with van der Waals surface area (Å²) in [6.45, 7) is 24.9. The first-order valence-corrected chi connectivity index (χ1v) is 51.3. The van der Waals surface area contributed by atoms with E-state index < -0.39 is 23.9 Å². The van der Waals surface area contributed by atoms with Crippen LogP contribution in [0.4, 0.5) is 13.2 Å². The Hall–Kier alpha value is -11.4. The van der Waals surface area contributed by atoms with E-state index in [9.17, 15) is 66.2 Å². The number of aromatic nitrogens is 10. The zero-order valence-corrected chi connectivity index (χ0v) is 83.8. The first-order chi connectivity index (χ1) is 66.8. The van der Waals surface area contributed by atoms with Crippen molar-refractivity contribution in [1.82, 2.24) is 48.9 Å².